The summed E-state index contributed by atoms with van der Waals surface area (Å²) in [6, 6.07) is 19.4. The number of hydrogen-bond acceptors (Lipinski definition) is 4. The third kappa shape index (κ3) is 4.82. The van der Waals surface area contributed by atoms with Crippen LogP contribution < -0.4 is 9.64 Å². The second-order valence-corrected chi connectivity index (χ2v) is 8.99. The van der Waals surface area contributed by atoms with Gasteiger partial charge in [-0.3, -0.25) is 9.69 Å². The van der Waals surface area contributed by atoms with E-state index in [1.165, 1.54) is 17.8 Å². The van der Waals surface area contributed by atoms with Crippen LogP contribution >= 0.6 is 35.6 Å². The molecule has 3 aromatic carbocycles. The molecule has 0 radical (unpaired) electrons. The van der Waals surface area contributed by atoms with Crippen molar-refractivity contribution in [3.63, 3.8) is 0 Å². The van der Waals surface area contributed by atoms with Crippen molar-refractivity contribution in [3.8, 4) is 5.75 Å². The number of hydrogen-bond donors (Lipinski definition) is 0. The minimum Gasteiger partial charge on any atom is -0.489 e. The van der Waals surface area contributed by atoms with Crippen LogP contribution in [0.2, 0.25) is 5.02 Å². The van der Waals surface area contributed by atoms with Crippen LogP contribution in [0.4, 0.5) is 10.1 Å². The van der Waals surface area contributed by atoms with Crippen molar-refractivity contribution in [1.29, 1.82) is 0 Å². The zero-order valence-corrected chi connectivity index (χ0v) is 18.9. The Balaban J connectivity index is 1.46. The van der Waals surface area contributed by atoms with Crippen molar-refractivity contribution in [2.75, 3.05) is 4.90 Å². The Labute approximate surface area is 194 Å². The first kappa shape index (κ1) is 21.6. The zero-order valence-electron chi connectivity index (χ0n) is 16.5. The molecule has 156 valence electrons. The van der Waals surface area contributed by atoms with E-state index in [-0.39, 0.29) is 12.5 Å². The lowest BCUT2D eigenvalue weighted by Crippen LogP contribution is -2.27. The SMILES string of the molecule is Cc1ccc(N2C(=O)/C(=C\c3ccc(OCc4c(F)cccc4Cl)cc3)SC2=S)cc1. The number of anilines is 1. The lowest BCUT2D eigenvalue weighted by molar-refractivity contribution is -0.113. The molecule has 1 aliphatic heterocycles. The predicted molar refractivity (Wildman–Crippen MR) is 129 cm³/mol. The molecule has 0 spiro atoms. The van der Waals surface area contributed by atoms with Gasteiger partial charge in [-0.2, -0.15) is 0 Å². The Bertz CT molecular complexity index is 1160. The van der Waals surface area contributed by atoms with E-state index in [9.17, 15) is 9.18 Å². The number of carbonyl (C=O) groups excluding carboxylic acids is 1. The maximum Gasteiger partial charge on any atom is 0.270 e. The maximum absolute atomic E-state index is 13.9. The largest absolute Gasteiger partial charge is 0.489 e. The highest BCUT2D eigenvalue weighted by Gasteiger charge is 2.33. The lowest BCUT2D eigenvalue weighted by Gasteiger charge is -2.14. The lowest BCUT2D eigenvalue weighted by atomic mass is 10.2. The van der Waals surface area contributed by atoms with E-state index in [4.69, 9.17) is 28.6 Å². The topological polar surface area (TPSA) is 29.5 Å². The standard InChI is InChI=1S/C24H17ClFNO2S2/c1-15-5-9-17(10-6-15)27-23(28)22(31-24(27)30)13-16-7-11-18(12-8-16)29-14-19-20(25)3-2-4-21(19)26/h2-13H,14H2,1H3/b22-13+. The van der Waals surface area contributed by atoms with Gasteiger partial charge in [0.15, 0.2) is 4.32 Å². The molecule has 0 bridgehead atoms. The molecule has 0 atom stereocenters. The summed E-state index contributed by atoms with van der Waals surface area (Å²) in [5.41, 5.74) is 3.02. The van der Waals surface area contributed by atoms with Crippen LogP contribution in [0.15, 0.2) is 71.6 Å². The fourth-order valence-electron chi connectivity index (χ4n) is 3.02. The quantitative estimate of drug-likeness (QED) is 0.304. The third-order valence-electron chi connectivity index (χ3n) is 4.71. The molecule has 4 rings (SSSR count). The number of benzene rings is 3. The van der Waals surface area contributed by atoms with Gasteiger partial charge in [0.05, 0.1) is 15.6 Å². The second-order valence-electron chi connectivity index (χ2n) is 6.91. The number of halogens is 2. The number of thiocarbonyl (C=S) groups is 1. The summed E-state index contributed by atoms with van der Waals surface area (Å²) in [7, 11) is 0. The number of thioether (sulfide) groups is 1. The molecule has 0 saturated carbocycles. The molecule has 3 aromatic rings. The van der Waals surface area contributed by atoms with Crippen LogP contribution in [0.25, 0.3) is 6.08 Å². The van der Waals surface area contributed by atoms with Gasteiger partial charge in [0.2, 0.25) is 0 Å². The first-order chi connectivity index (χ1) is 14.9. The molecule has 0 aliphatic carbocycles. The smallest absolute Gasteiger partial charge is 0.270 e. The van der Waals surface area contributed by atoms with E-state index in [1.54, 1.807) is 35.2 Å². The number of nitrogens with zero attached hydrogens (tertiary/aromatic N) is 1. The van der Waals surface area contributed by atoms with E-state index in [1.807, 2.05) is 43.3 Å². The van der Waals surface area contributed by atoms with Gasteiger partial charge >= 0.3 is 0 Å². The summed E-state index contributed by atoms with van der Waals surface area (Å²) in [6.45, 7) is 2.02. The fourth-order valence-corrected chi connectivity index (χ4v) is 4.54. The van der Waals surface area contributed by atoms with Crippen molar-refractivity contribution in [1.82, 2.24) is 0 Å². The molecule has 31 heavy (non-hydrogen) atoms. The summed E-state index contributed by atoms with van der Waals surface area (Å²) in [5.74, 6) is 0.0248. The molecule has 1 heterocycles. The van der Waals surface area contributed by atoms with Gasteiger partial charge in [0, 0.05) is 5.56 Å². The molecular weight excluding hydrogens is 453 g/mol. The van der Waals surface area contributed by atoms with Crippen molar-refractivity contribution < 1.29 is 13.9 Å². The fraction of sp³-hybridized carbons (Fsp3) is 0.0833. The molecule has 1 amide bonds. The third-order valence-corrected chi connectivity index (χ3v) is 6.36. The van der Waals surface area contributed by atoms with Crippen LogP contribution in [0, 0.1) is 12.7 Å². The van der Waals surface area contributed by atoms with E-state index in [2.05, 4.69) is 0 Å². The average Bonchev–Trinajstić information content (AvgIpc) is 3.02. The van der Waals surface area contributed by atoms with Gasteiger partial charge in [-0.05, 0) is 55.0 Å². The maximum atomic E-state index is 13.9. The van der Waals surface area contributed by atoms with Crippen LogP contribution in [-0.2, 0) is 11.4 Å². The summed E-state index contributed by atoms with van der Waals surface area (Å²) in [4.78, 5) is 15.0. The molecule has 1 saturated heterocycles. The summed E-state index contributed by atoms with van der Waals surface area (Å²) in [5, 5.41) is 0.326. The molecule has 0 aromatic heterocycles. The van der Waals surface area contributed by atoms with E-state index >= 15 is 0 Å². The molecule has 1 aliphatic rings. The Kier molecular flexibility index (Phi) is 6.41. The van der Waals surface area contributed by atoms with Crippen molar-refractivity contribution in [2.24, 2.45) is 0 Å². The molecule has 1 fully saturated rings. The van der Waals surface area contributed by atoms with E-state index < -0.39 is 5.82 Å². The summed E-state index contributed by atoms with van der Waals surface area (Å²) < 4.78 is 20.0. The number of aryl methyl sites for hydroxylation is 1. The van der Waals surface area contributed by atoms with Crippen LogP contribution in [-0.4, -0.2) is 10.2 Å². The first-order valence-corrected chi connectivity index (χ1v) is 11.0. The van der Waals surface area contributed by atoms with Gasteiger partial charge in [-0.1, -0.05) is 71.5 Å². The number of amides is 1. The Morgan fingerprint density at radius 2 is 1.81 bits per heavy atom. The average molecular weight is 470 g/mol. The van der Waals surface area contributed by atoms with Crippen molar-refractivity contribution in [3.05, 3.63) is 99.2 Å². The highest BCUT2D eigenvalue weighted by atomic mass is 35.5. The summed E-state index contributed by atoms with van der Waals surface area (Å²) in [6.07, 6.45) is 1.80. The van der Waals surface area contributed by atoms with Crippen LogP contribution in [0.1, 0.15) is 16.7 Å². The number of rotatable bonds is 5. The highest BCUT2D eigenvalue weighted by molar-refractivity contribution is 8.27. The number of ether oxygens (including phenoxy) is 1. The van der Waals surface area contributed by atoms with Crippen molar-refractivity contribution in [2.45, 2.75) is 13.5 Å². The predicted octanol–water partition coefficient (Wildman–Crippen LogP) is 6.77. The van der Waals surface area contributed by atoms with E-state index in [0.717, 1.165) is 16.8 Å². The van der Waals surface area contributed by atoms with Gasteiger partial charge < -0.3 is 4.74 Å². The Hall–Kier alpha value is -2.67. The molecule has 0 unspecified atom stereocenters. The van der Waals surface area contributed by atoms with Crippen LogP contribution in [0.3, 0.4) is 0 Å². The second kappa shape index (κ2) is 9.22. The Morgan fingerprint density at radius 1 is 1.10 bits per heavy atom. The monoisotopic (exact) mass is 469 g/mol. The van der Waals surface area contributed by atoms with Gasteiger partial charge in [0.25, 0.3) is 5.91 Å². The summed E-state index contributed by atoms with van der Waals surface area (Å²) >= 11 is 12.7. The van der Waals surface area contributed by atoms with Crippen LogP contribution in [0.5, 0.6) is 5.75 Å². The highest BCUT2D eigenvalue weighted by Crippen LogP contribution is 2.36. The van der Waals surface area contributed by atoms with Crippen molar-refractivity contribution >= 4 is 57.6 Å². The normalized spacial score (nSPS) is 15.1. The zero-order chi connectivity index (χ0) is 22.0. The molecule has 3 nitrogen and oxygen atoms in total. The minimum absolute atomic E-state index is 0.0278. The first-order valence-electron chi connectivity index (χ1n) is 9.43. The minimum atomic E-state index is -0.403. The molecular formula is C24H17ClFNO2S2. The van der Waals surface area contributed by atoms with E-state index in [0.29, 0.717) is 25.6 Å². The number of carbonyl (C=O) groups is 1. The molecule has 0 N–H and O–H groups in total. The van der Waals surface area contributed by atoms with Gasteiger partial charge in [-0.15, -0.1) is 0 Å². The van der Waals surface area contributed by atoms with Gasteiger partial charge in [0.1, 0.15) is 18.2 Å². The Morgan fingerprint density at radius 3 is 2.48 bits per heavy atom. The van der Waals surface area contributed by atoms with Gasteiger partial charge in [-0.25, -0.2) is 4.39 Å². The molecule has 7 heteroatoms.